The Morgan fingerprint density at radius 3 is 2.95 bits per heavy atom. The molecule has 1 N–H and O–H groups in total. The summed E-state index contributed by atoms with van der Waals surface area (Å²) >= 11 is 0. The van der Waals surface area contributed by atoms with Crippen LogP contribution < -0.4 is 10.1 Å². The normalized spacial score (nSPS) is 16.2. The molecule has 1 aliphatic rings. The third-order valence-corrected chi connectivity index (χ3v) is 3.39. The second-order valence-corrected chi connectivity index (χ2v) is 4.92. The smallest absolute Gasteiger partial charge is 0.305 e. The van der Waals surface area contributed by atoms with Crippen LogP contribution in [0.2, 0.25) is 0 Å². The predicted octanol–water partition coefficient (Wildman–Crippen LogP) is 1.27. The standard InChI is InChI=1S/C15H20N2O4/c1-17(9-5-8-14(18)20-2)15(19)13-10-16-11-6-3-4-7-12(11)21-13/h3-4,6-7,13,16H,5,8-10H2,1-2H3. The summed E-state index contributed by atoms with van der Waals surface area (Å²) in [5.41, 5.74) is 0.898. The highest BCUT2D eigenvalue weighted by molar-refractivity contribution is 5.83. The molecule has 114 valence electrons. The number of amides is 1. The Morgan fingerprint density at radius 1 is 1.43 bits per heavy atom. The zero-order chi connectivity index (χ0) is 15.2. The van der Waals surface area contributed by atoms with E-state index in [-0.39, 0.29) is 11.9 Å². The van der Waals surface area contributed by atoms with Gasteiger partial charge >= 0.3 is 5.97 Å². The summed E-state index contributed by atoms with van der Waals surface area (Å²) in [7, 11) is 3.07. The van der Waals surface area contributed by atoms with E-state index in [0.717, 1.165) is 5.69 Å². The zero-order valence-electron chi connectivity index (χ0n) is 12.3. The van der Waals surface area contributed by atoms with E-state index in [1.54, 1.807) is 11.9 Å². The van der Waals surface area contributed by atoms with E-state index in [9.17, 15) is 9.59 Å². The number of likely N-dealkylation sites (N-methyl/N-ethyl adjacent to an activating group) is 1. The Hall–Kier alpha value is -2.24. The van der Waals surface area contributed by atoms with Crippen molar-refractivity contribution in [3.8, 4) is 5.75 Å². The maximum Gasteiger partial charge on any atom is 0.305 e. The molecule has 6 heteroatoms. The summed E-state index contributed by atoms with van der Waals surface area (Å²) in [6, 6.07) is 7.53. The number of nitrogens with one attached hydrogen (secondary N) is 1. The van der Waals surface area contributed by atoms with Crippen molar-refractivity contribution >= 4 is 17.6 Å². The van der Waals surface area contributed by atoms with Crippen molar-refractivity contribution in [2.45, 2.75) is 18.9 Å². The Balaban J connectivity index is 1.85. The lowest BCUT2D eigenvalue weighted by Gasteiger charge is -2.29. The van der Waals surface area contributed by atoms with Crippen LogP contribution in [0.4, 0.5) is 5.69 Å². The molecule has 21 heavy (non-hydrogen) atoms. The first-order valence-corrected chi connectivity index (χ1v) is 6.93. The van der Waals surface area contributed by atoms with Crippen molar-refractivity contribution in [3.63, 3.8) is 0 Å². The molecule has 0 saturated heterocycles. The van der Waals surface area contributed by atoms with Gasteiger partial charge in [-0.2, -0.15) is 0 Å². The molecule has 1 atom stereocenters. The molecule has 0 bridgehead atoms. The SMILES string of the molecule is COC(=O)CCCN(C)C(=O)C1CNc2ccccc2O1. The molecule has 1 aromatic carbocycles. The van der Waals surface area contributed by atoms with E-state index in [0.29, 0.717) is 31.7 Å². The van der Waals surface area contributed by atoms with Gasteiger partial charge in [0.25, 0.3) is 5.91 Å². The number of methoxy groups -OCH3 is 1. The number of esters is 1. The van der Waals surface area contributed by atoms with Crippen LogP contribution in [0.25, 0.3) is 0 Å². The summed E-state index contributed by atoms with van der Waals surface area (Å²) in [5, 5.41) is 3.19. The Bertz CT molecular complexity index is 518. The second kappa shape index (κ2) is 6.97. The summed E-state index contributed by atoms with van der Waals surface area (Å²) < 4.78 is 10.3. The molecule has 0 saturated carbocycles. The molecule has 2 rings (SSSR count). The van der Waals surface area contributed by atoms with Crippen LogP contribution in [-0.2, 0) is 14.3 Å². The fourth-order valence-corrected chi connectivity index (χ4v) is 2.17. The van der Waals surface area contributed by atoms with Crippen molar-refractivity contribution in [1.29, 1.82) is 0 Å². The Morgan fingerprint density at radius 2 is 2.19 bits per heavy atom. The van der Waals surface area contributed by atoms with Gasteiger partial charge in [0.1, 0.15) is 5.75 Å². The lowest BCUT2D eigenvalue weighted by Crippen LogP contribution is -2.45. The molecule has 0 spiro atoms. The molecule has 0 radical (unpaired) electrons. The van der Waals surface area contributed by atoms with E-state index < -0.39 is 6.10 Å². The topological polar surface area (TPSA) is 67.9 Å². The maximum absolute atomic E-state index is 12.3. The van der Waals surface area contributed by atoms with Crippen LogP contribution in [0.5, 0.6) is 5.75 Å². The van der Waals surface area contributed by atoms with E-state index in [1.807, 2.05) is 24.3 Å². The Labute approximate surface area is 124 Å². The predicted molar refractivity (Wildman–Crippen MR) is 78.2 cm³/mol. The summed E-state index contributed by atoms with van der Waals surface area (Å²) in [6.45, 7) is 0.937. The van der Waals surface area contributed by atoms with Gasteiger partial charge in [-0.1, -0.05) is 12.1 Å². The molecular formula is C15H20N2O4. The number of anilines is 1. The summed E-state index contributed by atoms with van der Waals surface area (Å²) in [6.07, 6.45) is 0.342. The monoisotopic (exact) mass is 292 g/mol. The van der Waals surface area contributed by atoms with Gasteiger partial charge in [0.05, 0.1) is 19.3 Å². The quantitative estimate of drug-likeness (QED) is 0.828. The fourth-order valence-electron chi connectivity index (χ4n) is 2.17. The van der Waals surface area contributed by atoms with Gasteiger partial charge in [-0.05, 0) is 18.6 Å². The molecule has 1 aromatic rings. The van der Waals surface area contributed by atoms with Crippen molar-refractivity contribution in [2.75, 3.05) is 32.6 Å². The van der Waals surface area contributed by atoms with Crippen molar-refractivity contribution in [3.05, 3.63) is 24.3 Å². The summed E-state index contributed by atoms with van der Waals surface area (Å²) in [4.78, 5) is 24.9. The number of fused-ring (bicyclic) bond motifs is 1. The minimum absolute atomic E-state index is 0.0955. The van der Waals surface area contributed by atoms with Gasteiger partial charge in [-0.25, -0.2) is 0 Å². The number of hydrogen-bond donors (Lipinski definition) is 1. The van der Waals surface area contributed by atoms with E-state index in [2.05, 4.69) is 10.1 Å². The van der Waals surface area contributed by atoms with Crippen molar-refractivity contribution in [1.82, 2.24) is 4.90 Å². The van der Waals surface area contributed by atoms with E-state index >= 15 is 0 Å². The average molecular weight is 292 g/mol. The molecule has 1 amide bonds. The summed E-state index contributed by atoms with van der Waals surface area (Å²) in [5.74, 6) is 0.326. The highest BCUT2D eigenvalue weighted by Gasteiger charge is 2.27. The van der Waals surface area contributed by atoms with Crippen LogP contribution in [0, 0.1) is 0 Å². The van der Waals surface area contributed by atoms with Gasteiger partial charge in [-0.3, -0.25) is 9.59 Å². The number of nitrogens with zero attached hydrogens (tertiary/aromatic N) is 1. The highest BCUT2D eigenvalue weighted by Crippen LogP contribution is 2.28. The largest absolute Gasteiger partial charge is 0.477 e. The van der Waals surface area contributed by atoms with Crippen LogP contribution in [-0.4, -0.2) is 50.1 Å². The van der Waals surface area contributed by atoms with Gasteiger partial charge < -0.3 is 19.7 Å². The lowest BCUT2D eigenvalue weighted by atomic mass is 10.2. The Kier molecular flexibility index (Phi) is 5.03. The molecule has 0 aromatic heterocycles. The zero-order valence-corrected chi connectivity index (χ0v) is 12.3. The number of carbonyl (C=O) groups excluding carboxylic acids is 2. The third kappa shape index (κ3) is 3.87. The van der Waals surface area contributed by atoms with Crippen LogP contribution in [0.1, 0.15) is 12.8 Å². The molecule has 0 fully saturated rings. The molecule has 1 unspecified atom stereocenters. The molecule has 1 heterocycles. The number of carbonyl (C=O) groups is 2. The second-order valence-electron chi connectivity index (χ2n) is 4.92. The molecule has 6 nitrogen and oxygen atoms in total. The number of para-hydroxylation sites is 2. The highest BCUT2D eigenvalue weighted by atomic mass is 16.5. The minimum atomic E-state index is -0.539. The van der Waals surface area contributed by atoms with Crippen LogP contribution >= 0.6 is 0 Å². The van der Waals surface area contributed by atoms with Gasteiger partial charge in [0, 0.05) is 20.0 Å². The van der Waals surface area contributed by atoms with Crippen LogP contribution in [0.3, 0.4) is 0 Å². The van der Waals surface area contributed by atoms with E-state index in [1.165, 1.54) is 7.11 Å². The average Bonchev–Trinajstić information content (AvgIpc) is 2.53. The van der Waals surface area contributed by atoms with Crippen molar-refractivity contribution < 1.29 is 19.1 Å². The molecule has 0 aliphatic carbocycles. The molecule has 1 aliphatic heterocycles. The van der Waals surface area contributed by atoms with Gasteiger partial charge in [0.2, 0.25) is 0 Å². The fraction of sp³-hybridized carbons (Fsp3) is 0.467. The maximum atomic E-state index is 12.3. The number of rotatable bonds is 5. The minimum Gasteiger partial charge on any atom is -0.477 e. The third-order valence-electron chi connectivity index (χ3n) is 3.39. The molecular weight excluding hydrogens is 272 g/mol. The first-order valence-electron chi connectivity index (χ1n) is 6.93. The number of ether oxygens (including phenoxy) is 2. The van der Waals surface area contributed by atoms with Crippen LogP contribution in [0.15, 0.2) is 24.3 Å². The number of hydrogen-bond acceptors (Lipinski definition) is 5. The van der Waals surface area contributed by atoms with Gasteiger partial charge in [0.15, 0.2) is 6.10 Å². The lowest BCUT2D eigenvalue weighted by molar-refractivity contribution is -0.142. The first kappa shape index (κ1) is 15.2. The van der Waals surface area contributed by atoms with E-state index in [4.69, 9.17) is 4.74 Å². The van der Waals surface area contributed by atoms with Crippen molar-refractivity contribution in [2.24, 2.45) is 0 Å². The van der Waals surface area contributed by atoms with Gasteiger partial charge in [-0.15, -0.1) is 0 Å². The first-order chi connectivity index (χ1) is 10.1. The number of benzene rings is 1.